The normalized spacial score (nSPS) is 21.0. The van der Waals surface area contributed by atoms with Crippen LogP contribution in [0.2, 0.25) is 0 Å². The van der Waals surface area contributed by atoms with Crippen molar-refractivity contribution >= 4 is 0 Å². The third-order valence-corrected chi connectivity index (χ3v) is 2.33. The van der Waals surface area contributed by atoms with E-state index < -0.39 is 0 Å². The zero-order valence-electron chi connectivity index (χ0n) is 7.94. The van der Waals surface area contributed by atoms with Gasteiger partial charge in [0.15, 0.2) is 5.75 Å². The fourth-order valence-electron chi connectivity index (χ4n) is 1.57. The van der Waals surface area contributed by atoms with Gasteiger partial charge < -0.3 is 15.2 Å². The summed E-state index contributed by atoms with van der Waals surface area (Å²) in [7, 11) is 0. The molecular formula is C10H14N2O2. The van der Waals surface area contributed by atoms with Crippen LogP contribution in [-0.4, -0.2) is 29.3 Å². The van der Waals surface area contributed by atoms with Crippen molar-refractivity contribution in [3.8, 4) is 11.6 Å². The third kappa shape index (κ3) is 2.14. The van der Waals surface area contributed by atoms with Gasteiger partial charge in [-0.1, -0.05) is 0 Å². The fourth-order valence-corrected chi connectivity index (χ4v) is 1.57. The molecule has 76 valence electrons. The largest absolute Gasteiger partial charge is 0.503 e. The van der Waals surface area contributed by atoms with Gasteiger partial charge in [-0.15, -0.1) is 0 Å². The van der Waals surface area contributed by atoms with Crippen molar-refractivity contribution in [3.05, 3.63) is 18.3 Å². The Kier molecular flexibility index (Phi) is 2.84. The molecule has 1 aliphatic rings. The molecule has 2 heterocycles. The van der Waals surface area contributed by atoms with Crippen molar-refractivity contribution in [1.82, 2.24) is 10.3 Å². The van der Waals surface area contributed by atoms with Crippen LogP contribution in [0.1, 0.15) is 12.8 Å². The first-order valence-electron chi connectivity index (χ1n) is 4.86. The van der Waals surface area contributed by atoms with Gasteiger partial charge in [0.2, 0.25) is 0 Å². The van der Waals surface area contributed by atoms with Crippen molar-refractivity contribution in [2.24, 2.45) is 0 Å². The summed E-state index contributed by atoms with van der Waals surface area (Å²) < 4.78 is 5.40. The molecule has 0 bridgehead atoms. The summed E-state index contributed by atoms with van der Waals surface area (Å²) in [6.07, 6.45) is 3.94. The van der Waals surface area contributed by atoms with E-state index in [1.807, 2.05) is 0 Å². The number of rotatable bonds is 3. The number of pyridine rings is 1. The monoisotopic (exact) mass is 194 g/mol. The van der Waals surface area contributed by atoms with Crippen LogP contribution in [0, 0.1) is 0 Å². The van der Waals surface area contributed by atoms with Crippen molar-refractivity contribution in [3.63, 3.8) is 0 Å². The number of ether oxygens (including phenoxy) is 1. The molecule has 1 atom stereocenters. The van der Waals surface area contributed by atoms with Crippen LogP contribution < -0.4 is 10.1 Å². The van der Waals surface area contributed by atoms with E-state index in [4.69, 9.17) is 4.74 Å². The van der Waals surface area contributed by atoms with Crippen LogP contribution in [-0.2, 0) is 0 Å². The molecule has 1 aromatic heterocycles. The fraction of sp³-hybridized carbons (Fsp3) is 0.500. The Morgan fingerprint density at radius 3 is 3.29 bits per heavy atom. The second-order valence-corrected chi connectivity index (χ2v) is 3.43. The highest BCUT2D eigenvalue weighted by atomic mass is 16.5. The summed E-state index contributed by atoms with van der Waals surface area (Å²) in [5.74, 6) is 0.423. The number of hydrogen-bond donors (Lipinski definition) is 2. The lowest BCUT2D eigenvalue weighted by Crippen LogP contribution is -2.28. The van der Waals surface area contributed by atoms with E-state index in [0.29, 0.717) is 18.5 Å². The van der Waals surface area contributed by atoms with Crippen molar-refractivity contribution in [1.29, 1.82) is 0 Å². The zero-order chi connectivity index (χ0) is 9.80. The molecule has 0 aliphatic carbocycles. The Morgan fingerprint density at radius 2 is 2.57 bits per heavy atom. The summed E-state index contributed by atoms with van der Waals surface area (Å²) in [5, 5.41) is 12.7. The molecule has 1 saturated heterocycles. The molecule has 0 spiro atoms. The number of hydrogen-bond acceptors (Lipinski definition) is 4. The summed E-state index contributed by atoms with van der Waals surface area (Å²) in [5.41, 5.74) is 0. The van der Waals surface area contributed by atoms with E-state index >= 15 is 0 Å². The van der Waals surface area contributed by atoms with Gasteiger partial charge in [-0.25, -0.2) is 4.98 Å². The number of aromatic hydroxyl groups is 1. The Bertz CT molecular complexity index is 298. The van der Waals surface area contributed by atoms with Gasteiger partial charge in [-0.3, -0.25) is 0 Å². The maximum Gasteiger partial charge on any atom is 0.256 e. The molecule has 1 aromatic rings. The quantitative estimate of drug-likeness (QED) is 0.751. The Labute approximate surface area is 82.9 Å². The minimum atomic E-state index is 0.102. The highest BCUT2D eigenvalue weighted by molar-refractivity contribution is 5.30. The molecule has 4 heteroatoms. The Morgan fingerprint density at radius 1 is 1.64 bits per heavy atom. The topological polar surface area (TPSA) is 54.4 Å². The minimum Gasteiger partial charge on any atom is -0.503 e. The molecular weight excluding hydrogens is 180 g/mol. The summed E-state index contributed by atoms with van der Waals surface area (Å²) >= 11 is 0. The standard InChI is InChI=1S/C10H14N2O2/c13-9-4-2-6-12-10(9)14-7-8-3-1-5-11-8/h2,4,6,8,11,13H,1,3,5,7H2/t8-/m0/s1. The lowest BCUT2D eigenvalue weighted by atomic mass is 10.2. The lowest BCUT2D eigenvalue weighted by molar-refractivity contribution is 0.255. The first kappa shape index (κ1) is 9.27. The second-order valence-electron chi connectivity index (χ2n) is 3.43. The number of nitrogens with one attached hydrogen (secondary N) is 1. The molecule has 2 N–H and O–H groups in total. The molecule has 4 nitrogen and oxygen atoms in total. The molecule has 0 unspecified atom stereocenters. The van der Waals surface area contributed by atoms with Crippen LogP contribution in [0.4, 0.5) is 0 Å². The third-order valence-electron chi connectivity index (χ3n) is 2.33. The van der Waals surface area contributed by atoms with Gasteiger partial charge in [0.25, 0.3) is 5.88 Å². The SMILES string of the molecule is Oc1cccnc1OC[C@@H]1CCCN1. The van der Waals surface area contributed by atoms with Gasteiger partial charge in [-0.2, -0.15) is 0 Å². The van der Waals surface area contributed by atoms with Gasteiger partial charge >= 0.3 is 0 Å². The van der Waals surface area contributed by atoms with Crippen LogP contribution in [0.3, 0.4) is 0 Å². The van der Waals surface area contributed by atoms with Gasteiger partial charge in [0, 0.05) is 12.2 Å². The van der Waals surface area contributed by atoms with Gasteiger partial charge in [0.05, 0.1) is 0 Å². The molecule has 1 aliphatic heterocycles. The van der Waals surface area contributed by atoms with Crippen molar-refractivity contribution in [2.75, 3.05) is 13.2 Å². The van der Waals surface area contributed by atoms with E-state index in [-0.39, 0.29) is 5.75 Å². The smallest absolute Gasteiger partial charge is 0.256 e. The van der Waals surface area contributed by atoms with Gasteiger partial charge in [-0.05, 0) is 31.5 Å². The molecule has 0 amide bonds. The van der Waals surface area contributed by atoms with Crippen molar-refractivity contribution < 1.29 is 9.84 Å². The first-order valence-corrected chi connectivity index (χ1v) is 4.86. The average Bonchev–Trinajstić information content (AvgIpc) is 2.69. The molecule has 2 rings (SSSR count). The average molecular weight is 194 g/mol. The molecule has 1 fully saturated rings. The maximum absolute atomic E-state index is 9.38. The highest BCUT2D eigenvalue weighted by Gasteiger charge is 2.15. The Hall–Kier alpha value is -1.29. The highest BCUT2D eigenvalue weighted by Crippen LogP contribution is 2.21. The van der Waals surface area contributed by atoms with E-state index in [1.165, 1.54) is 6.42 Å². The van der Waals surface area contributed by atoms with E-state index in [2.05, 4.69) is 10.3 Å². The van der Waals surface area contributed by atoms with Gasteiger partial charge in [0.1, 0.15) is 6.61 Å². The molecule has 0 radical (unpaired) electrons. The summed E-state index contributed by atoms with van der Waals surface area (Å²) in [6.45, 7) is 1.63. The lowest BCUT2D eigenvalue weighted by Gasteiger charge is -2.11. The summed E-state index contributed by atoms with van der Waals surface area (Å²) in [6, 6.07) is 3.65. The van der Waals surface area contributed by atoms with E-state index in [1.54, 1.807) is 18.3 Å². The van der Waals surface area contributed by atoms with Crippen LogP contribution in [0.15, 0.2) is 18.3 Å². The number of aromatic nitrogens is 1. The van der Waals surface area contributed by atoms with E-state index in [9.17, 15) is 5.11 Å². The summed E-state index contributed by atoms with van der Waals surface area (Å²) in [4.78, 5) is 3.94. The molecule has 0 aromatic carbocycles. The molecule has 0 saturated carbocycles. The van der Waals surface area contributed by atoms with Crippen LogP contribution in [0.25, 0.3) is 0 Å². The number of nitrogens with zero attached hydrogens (tertiary/aromatic N) is 1. The maximum atomic E-state index is 9.38. The second kappa shape index (κ2) is 4.28. The predicted molar refractivity (Wildman–Crippen MR) is 52.4 cm³/mol. The van der Waals surface area contributed by atoms with Crippen LogP contribution >= 0.6 is 0 Å². The predicted octanol–water partition coefficient (Wildman–Crippen LogP) is 0.918. The molecule has 14 heavy (non-hydrogen) atoms. The Balaban J connectivity index is 1.88. The first-order chi connectivity index (χ1) is 6.86. The van der Waals surface area contributed by atoms with Crippen LogP contribution in [0.5, 0.6) is 11.6 Å². The van der Waals surface area contributed by atoms with Crippen molar-refractivity contribution in [2.45, 2.75) is 18.9 Å². The zero-order valence-corrected chi connectivity index (χ0v) is 7.94. The van der Waals surface area contributed by atoms with E-state index in [0.717, 1.165) is 13.0 Å². The minimum absolute atomic E-state index is 0.102.